The fraction of sp³-hybridized carbons (Fsp3) is 0.923. The lowest BCUT2D eigenvalue weighted by molar-refractivity contribution is -0.125. The van der Waals surface area contributed by atoms with E-state index in [0.717, 1.165) is 25.8 Å². The number of methoxy groups -OCH3 is 1. The molecule has 1 rings (SSSR count). The van der Waals surface area contributed by atoms with Gasteiger partial charge in [0.15, 0.2) is 0 Å². The molecule has 0 aromatic rings. The molecule has 16 heavy (non-hydrogen) atoms. The molecule has 1 aliphatic rings. The van der Waals surface area contributed by atoms with Gasteiger partial charge >= 0.3 is 0 Å². The summed E-state index contributed by atoms with van der Waals surface area (Å²) in [5, 5.41) is 0. The molecule has 2 atom stereocenters. The van der Waals surface area contributed by atoms with E-state index in [9.17, 15) is 4.79 Å². The van der Waals surface area contributed by atoms with E-state index >= 15 is 0 Å². The Labute approximate surface area is 99.1 Å². The van der Waals surface area contributed by atoms with Crippen LogP contribution in [0.2, 0.25) is 0 Å². The van der Waals surface area contributed by atoms with Gasteiger partial charge in [-0.05, 0) is 26.3 Å². The molecular formula is C13H25NO2. The first-order valence-electron chi connectivity index (χ1n) is 6.48. The van der Waals surface area contributed by atoms with Crippen LogP contribution in [0.25, 0.3) is 0 Å². The third-order valence-electron chi connectivity index (χ3n) is 3.51. The Hall–Kier alpha value is -0.410. The Morgan fingerprint density at radius 2 is 2.19 bits per heavy atom. The Bertz CT molecular complexity index is 218. The Balaban J connectivity index is 2.64. The second-order valence-electron chi connectivity index (χ2n) is 4.72. The van der Waals surface area contributed by atoms with Gasteiger partial charge in [0.2, 0.25) is 0 Å². The van der Waals surface area contributed by atoms with Gasteiger partial charge in [-0.1, -0.05) is 19.8 Å². The van der Waals surface area contributed by atoms with E-state index < -0.39 is 0 Å². The minimum atomic E-state index is 0.137. The fourth-order valence-electron chi connectivity index (χ4n) is 2.67. The van der Waals surface area contributed by atoms with Crippen molar-refractivity contribution in [3.8, 4) is 0 Å². The van der Waals surface area contributed by atoms with Crippen molar-refractivity contribution in [2.45, 2.75) is 58.0 Å². The van der Waals surface area contributed by atoms with Gasteiger partial charge in [0.05, 0.1) is 12.6 Å². The second kappa shape index (κ2) is 7.02. The van der Waals surface area contributed by atoms with Crippen LogP contribution in [0.4, 0.5) is 0 Å². The number of Topliss-reactive ketones (excluding diaryl/α,β-unsaturated/α-hetero) is 1. The third-order valence-corrected chi connectivity index (χ3v) is 3.51. The molecule has 0 aromatic carbocycles. The van der Waals surface area contributed by atoms with Gasteiger partial charge in [0.1, 0.15) is 5.78 Å². The number of ether oxygens (including phenoxy) is 1. The van der Waals surface area contributed by atoms with E-state index in [-0.39, 0.29) is 6.04 Å². The maximum Gasteiger partial charge on any atom is 0.149 e. The van der Waals surface area contributed by atoms with Gasteiger partial charge < -0.3 is 4.74 Å². The largest absolute Gasteiger partial charge is 0.383 e. The lowest BCUT2D eigenvalue weighted by atomic mass is 10.0. The molecule has 0 amide bonds. The van der Waals surface area contributed by atoms with Gasteiger partial charge in [0, 0.05) is 19.6 Å². The van der Waals surface area contributed by atoms with Crippen molar-refractivity contribution in [3.63, 3.8) is 0 Å². The molecular weight excluding hydrogens is 202 g/mol. The molecule has 0 bridgehead atoms. The highest BCUT2D eigenvalue weighted by atomic mass is 16.5. The van der Waals surface area contributed by atoms with E-state index in [1.54, 1.807) is 7.11 Å². The summed E-state index contributed by atoms with van der Waals surface area (Å²) in [6, 6.07) is 0.472. The summed E-state index contributed by atoms with van der Waals surface area (Å²) in [6.45, 7) is 5.91. The molecule has 94 valence electrons. The summed E-state index contributed by atoms with van der Waals surface area (Å²) in [7, 11) is 1.72. The summed E-state index contributed by atoms with van der Waals surface area (Å²) >= 11 is 0. The lowest BCUT2D eigenvalue weighted by Crippen LogP contribution is -2.47. The van der Waals surface area contributed by atoms with Crippen molar-refractivity contribution in [3.05, 3.63) is 0 Å². The smallest absolute Gasteiger partial charge is 0.149 e. The average Bonchev–Trinajstić information content (AvgIpc) is 2.46. The zero-order valence-corrected chi connectivity index (χ0v) is 10.9. The summed E-state index contributed by atoms with van der Waals surface area (Å²) in [4.78, 5) is 14.3. The number of rotatable bonds is 5. The van der Waals surface area contributed by atoms with E-state index in [1.807, 2.05) is 0 Å². The first kappa shape index (κ1) is 13.7. The predicted molar refractivity (Wildman–Crippen MR) is 65.6 cm³/mol. The SMILES string of the molecule is CCN(C(C)COC)C1CCCCCC1=O. The quantitative estimate of drug-likeness (QED) is 0.675. The van der Waals surface area contributed by atoms with Crippen LogP contribution >= 0.6 is 0 Å². The van der Waals surface area contributed by atoms with E-state index in [4.69, 9.17) is 4.74 Å². The third kappa shape index (κ3) is 3.56. The molecule has 0 aromatic heterocycles. The van der Waals surface area contributed by atoms with E-state index in [0.29, 0.717) is 18.4 Å². The number of likely N-dealkylation sites (N-methyl/N-ethyl adjacent to an activating group) is 1. The van der Waals surface area contributed by atoms with Crippen LogP contribution in [-0.4, -0.2) is 43.0 Å². The highest BCUT2D eigenvalue weighted by molar-refractivity contribution is 5.84. The van der Waals surface area contributed by atoms with Crippen LogP contribution in [0.15, 0.2) is 0 Å². The molecule has 2 unspecified atom stereocenters. The summed E-state index contributed by atoms with van der Waals surface area (Å²) in [5.74, 6) is 0.433. The monoisotopic (exact) mass is 227 g/mol. The maximum absolute atomic E-state index is 12.0. The molecule has 0 saturated heterocycles. The topological polar surface area (TPSA) is 29.5 Å². The van der Waals surface area contributed by atoms with Crippen LogP contribution < -0.4 is 0 Å². The van der Waals surface area contributed by atoms with Gasteiger partial charge in [-0.2, -0.15) is 0 Å². The number of nitrogens with zero attached hydrogens (tertiary/aromatic N) is 1. The summed E-state index contributed by atoms with van der Waals surface area (Å²) in [6.07, 6.45) is 5.26. The molecule has 3 nitrogen and oxygen atoms in total. The number of carbonyl (C=O) groups excluding carboxylic acids is 1. The minimum Gasteiger partial charge on any atom is -0.383 e. The zero-order valence-electron chi connectivity index (χ0n) is 10.9. The lowest BCUT2D eigenvalue weighted by Gasteiger charge is -2.33. The standard InChI is InChI=1S/C13H25NO2/c1-4-14(11(2)10-16-3)12-8-6-5-7-9-13(12)15/h11-12H,4-10H2,1-3H3. The number of ketones is 1. The normalized spacial score (nSPS) is 24.5. The zero-order chi connectivity index (χ0) is 12.0. The summed E-state index contributed by atoms with van der Waals surface area (Å²) in [5.41, 5.74) is 0. The van der Waals surface area contributed by atoms with Gasteiger partial charge in [-0.25, -0.2) is 0 Å². The Kier molecular flexibility index (Phi) is 5.99. The summed E-state index contributed by atoms with van der Waals surface area (Å²) < 4.78 is 5.19. The Morgan fingerprint density at radius 3 is 2.81 bits per heavy atom. The van der Waals surface area contributed by atoms with E-state index in [2.05, 4.69) is 18.7 Å². The molecule has 0 spiro atoms. The van der Waals surface area contributed by atoms with Crippen LogP contribution in [-0.2, 0) is 9.53 Å². The second-order valence-corrected chi connectivity index (χ2v) is 4.72. The van der Waals surface area contributed by atoms with E-state index in [1.165, 1.54) is 12.8 Å². The van der Waals surface area contributed by atoms with Crippen molar-refractivity contribution in [1.82, 2.24) is 4.90 Å². The van der Waals surface area contributed by atoms with Crippen LogP contribution in [0.1, 0.15) is 46.0 Å². The molecule has 0 radical (unpaired) electrons. The number of hydrogen-bond acceptors (Lipinski definition) is 3. The minimum absolute atomic E-state index is 0.137. The number of carbonyl (C=O) groups is 1. The molecule has 1 aliphatic carbocycles. The van der Waals surface area contributed by atoms with Crippen LogP contribution in [0.5, 0.6) is 0 Å². The van der Waals surface area contributed by atoms with Gasteiger partial charge in [-0.15, -0.1) is 0 Å². The first-order chi connectivity index (χ1) is 7.70. The predicted octanol–water partition coefficient (Wildman–Crippen LogP) is 2.25. The molecule has 1 saturated carbocycles. The van der Waals surface area contributed by atoms with Crippen molar-refractivity contribution >= 4 is 5.78 Å². The van der Waals surface area contributed by atoms with Crippen molar-refractivity contribution in [2.24, 2.45) is 0 Å². The average molecular weight is 227 g/mol. The van der Waals surface area contributed by atoms with Gasteiger partial charge in [-0.3, -0.25) is 9.69 Å². The van der Waals surface area contributed by atoms with Crippen molar-refractivity contribution < 1.29 is 9.53 Å². The molecule has 1 fully saturated rings. The molecule has 0 aliphatic heterocycles. The fourth-order valence-corrected chi connectivity index (χ4v) is 2.67. The van der Waals surface area contributed by atoms with Crippen molar-refractivity contribution in [2.75, 3.05) is 20.3 Å². The van der Waals surface area contributed by atoms with Crippen molar-refractivity contribution in [1.29, 1.82) is 0 Å². The first-order valence-corrected chi connectivity index (χ1v) is 6.48. The Morgan fingerprint density at radius 1 is 1.44 bits per heavy atom. The van der Waals surface area contributed by atoms with Gasteiger partial charge in [0.25, 0.3) is 0 Å². The van der Waals surface area contributed by atoms with Crippen LogP contribution in [0.3, 0.4) is 0 Å². The number of hydrogen-bond donors (Lipinski definition) is 0. The molecule has 0 heterocycles. The maximum atomic E-state index is 12.0. The molecule has 3 heteroatoms. The van der Waals surface area contributed by atoms with Crippen LogP contribution in [0, 0.1) is 0 Å². The molecule has 0 N–H and O–H groups in total. The highest BCUT2D eigenvalue weighted by Crippen LogP contribution is 2.21. The highest BCUT2D eigenvalue weighted by Gasteiger charge is 2.28.